The van der Waals surface area contributed by atoms with Gasteiger partial charge in [0.1, 0.15) is 10.6 Å². The Labute approximate surface area is 129 Å². The van der Waals surface area contributed by atoms with Gasteiger partial charge in [0.15, 0.2) is 0 Å². The van der Waals surface area contributed by atoms with Gasteiger partial charge in [-0.05, 0) is 26.3 Å². The summed E-state index contributed by atoms with van der Waals surface area (Å²) in [4.78, 5) is 13.7. The quantitative estimate of drug-likeness (QED) is 0.885. The average molecular weight is 303 g/mol. The van der Waals surface area contributed by atoms with Gasteiger partial charge in [0.05, 0.1) is 17.9 Å². The van der Waals surface area contributed by atoms with Crippen molar-refractivity contribution in [3.8, 4) is 6.07 Å². The lowest BCUT2D eigenvalue weighted by molar-refractivity contribution is 0.679. The summed E-state index contributed by atoms with van der Waals surface area (Å²) in [5.41, 5.74) is 0. The maximum atomic E-state index is 8.88. The number of nitrogens with zero attached hydrogens (tertiary/aromatic N) is 4. The van der Waals surface area contributed by atoms with Crippen LogP contribution >= 0.6 is 11.3 Å². The Morgan fingerprint density at radius 3 is 2.76 bits per heavy atom. The molecule has 0 spiro atoms. The smallest absolute Gasteiger partial charge is 0.225 e. The summed E-state index contributed by atoms with van der Waals surface area (Å²) >= 11 is 1.71. The van der Waals surface area contributed by atoms with Crippen LogP contribution in [0.1, 0.15) is 32.1 Å². The highest BCUT2D eigenvalue weighted by Gasteiger charge is 2.18. The summed E-state index contributed by atoms with van der Waals surface area (Å²) in [5, 5.41) is 13.0. The minimum Gasteiger partial charge on any atom is -0.357 e. The minimum atomic E-state index is 0.283. The van der Waals surface area contributed by atoms with E-state index >= 15 is 0 Å². The van der Waals surface area contributed by atoms with Crippen molar-refractivity contribution >= 4 is 33.3 Å². The molecule has 6 heteroatoms. The monoisotopic (exact) mass is 303 g/mol. The van der Waals surface area contributed by atoms with Gasteiger partial charge in [0.2, 0.25) is 5.95 Å². The number of aryl methyl sites for hydroxylation is 1. The van der Waals surface area contributed by atoms with Gasteiger partial charge >= 0.3 is 0 Å². The van der Waals surface area contributed by atoms with Gasteiger partial charge in [-0.2, -0.15) is 10.2 Å². The van der Waals surface area contributed by atoms with Crippen molar-refractivity contribution in [1.29, 1.82) is 5.26 Å². The maximum Gasteiger partial charge on any atom is 0.225 e. The zero-order chi connectivity index (χ0) is 15.4. The highest BCUT2D eigenvalue weighted by atomic mass is 32.1. The van der Waals surface area contributed by atoms with Crippen molar-refractivity contribution in [2.75, 3.05) is 23.8 Å². The van der Waals surface area contributed by atoms with Crippen LogP contribution in [-0.4, -0.2) is 29.6 Å². The Balaban J connectivity index is 2.57. The number of rotatable bonds is 6. The predicted octanol–water partition coefficient (Wildman–Crippen LogP) is 3.42. The fraction of sp³-hybridized carbons (Fsp3) is 0.533. The van der Waals surface area contributed by atoms with Crippen LogP contribution in [0.4, 0.5) is 11.8 Å². The lowest BCUT2D eigenvalue weighted by Crippen LogP contribution is -2.32. The second-order valence-corrected chi connectivity index (χ2v) is 6.22. The summed E-state index contributed by atoms with van der Waals surface area (Å²) in [6, 6.07) is 4.68. The second-order valence-electron chi connectivity index (χ2n) is 5.10. The number of nitrogens with one attached hydrogen (secondary N) is 1. The number of hydrogen-bond donors (Lipinski definition) is 1. The topological polar surface area (TPSA) is 64.8 Å². The first-order valence-corrected chi connectivity index (χ1v) is 8.04. The van der Waals surface area contributed by atoms with Crippen LogP contribution in [0.2, 0.25) is 0 Å². The Bertz CT molecular complexity index is 656. The van der Waals surface area contributed by atoms with Gasteiger partial charge in [-0.1, -0.05) is 6.92 Å². The first-order chi connectivity index (χ1) is 10.1. The molecular formula is C15H21N5S. The molecule has 0 amide bonds. The second kappa shape index (κ2) is 6.72. The van der Waals surface area contributed by atoms with E-state index in [9.17, 15) is 0 Å². The van der Waals surface area contributed by atoms with Crippen molar-refractivity contribution in [2.45, 2.75) is 39.7 Å². The third-order valence-corrected chi connectivity index (χ3v) is 4.53. The van der Waals surface area contributed by atoms with E-state index in [2.05, 4.69) is 53.1 Å². The lowest BCUT2D eigenvalue weighted by atomic mass is 10.2. The van der Waals surface area contributed by atoms with E-state index in [1.165, 1.54) is 4.88 Å². The molecule has 0 fully saturated rings. The van der Waals surface area contributed by atoms with E-state index < -0.39 is 0 Å². The van der Waals surface area contributed by atoms with Gasteiger partial charge in [-0.15, -0.1) is 11.3 Å². The van der Waals surface area contributed by atoms with E-state index in [1.807, 2.05) is 7.05 Å². The SMILES string of the molecule is CCc1cc2c(N(CCC#N)C(C)C)nc(NC)nc2s1. The third-order valence-electron chi connectivity index (χ3n) is 3.36. The number of fused-ring (bicyclic) bond motifs is 1. The molecule has 0 aliphatic carbocycles. The zero-order valence-electron chi connectivity index (χ0n) is 13.0. The summed E-state index contributed by atoms with van der Waals surface area (Å²) in [5.74, 6) is 1.55. The average Bonchev–Trinajstić information content (AvgIpc) is 2.90. The van der Waals surface area contributed by atoms with E-state index in [-0.39, 0.29) is 6.04 Å². The van der Waals surface area contributed by atoms with Crippen molar-refractivity contribution in [3.05, 3.63) is 10.9 Å². The molecule has 5 nitrogen and oxygen atoms in total. The van der Waals surface area contributed by atoms with Crippen LogP contribution in [0, 0.1) is 11.3 Å². The zero-order valence-corrected chi connectivity index (χ0v) is 13.8. The van der Waals surface area contributed by atoms with Gasteiger partial charge in [0, 0.05) is 24.5 Å². The molecule has 2 aromatic heterocycles. The first-order valence-electron chi connectivity index (χ1n) is 7.22. The molecule has 0 aromatic carbocycles. The van der Waals surface area contributed by atoms with Crippen molar-refractivity contribution in [2.24, 2.45) is 0 Å². The van der Waals surface area contributed by atoms with Crippen molar-refractivity contribution < 1.29 is 0 Å². The molecule has 2 rings (SSSR count). The minimum absolute atomic E-state index is 0.283. The molecule has 0 radical (unpaired) electrons. The van der Waals surface area contributed by atoms with Crippen LogP contribution in [0.3, 0.4) is 0 Å². The maximum absolute atomic E-state index is 8.88. The number of anilines is 2. The molecule has 0 bridgehead atoms. The first kappa shape index (κ1) is 15.5. The molecule has 0 saturated heterocycles. The molecule has 0 atom stereocenters. The number of hydrogen-bond acceptors (Lipinski definition) is 6. The van der Waals surface area contributed by atoms with Crippen LogP contribution in [0.5, 0.6) is 0 Å². The van der Waals surface area contributed by atoms with Crippen LogP contribution in [0.15, 0.2) is 6.07 Å². The fourth-order valence-electron chi connectivity index (χ4n) is 2.24. The normalized spacial score (nSPS) is 10.9. The predicted molar refractivity (Wildman–Crippen MR) is 89.1 cm³/mol. The van der Waals surface area contributed by atoms with Gasteiger partial charge < -0.3 is 10.2 Å². The molecule has 2 heterocycles. The Morgan fingerprint density at radius 1 is 1.43 bits per heavy atom. The molecule has 0 unspecified atom stereocenters. The van der Waals surface area contributed by atoms with Gasteiger partial charge in [-0.3, -0.25) is 0 Å². The molecule has 1 N–H and O–H groups in total. The highest BCUT2D eigenvalue weighted by Crippen LogP contribution is 2.33. The van der Waals surface area contributed by atoms with E-state index in [1.54, 1.807) is 11.3 Å². The summed E-state index contributed by atoms with van der Waals surface area (Å²) in [6.45, 7) is 7.07. The molecule has 2 aromatic rings. The Hall–Kier alpha value is -1.87. The van der Waals surface area contributed by atoms with Crippen molar-refractivity contribution in [1.82, 2.24) is 9.97 Å². The summed E-state index contributed by atoms with van der Waals surface area (Å²) in [6.07, 6.45) is 1.48. The number of thiophene rings is 1. The fourth-order valence-corrected chi connectivity index (χ4v) is 3.20. The molecule has 0 aliphatic heterocycles. The van der Waals surface area contributed by atoms with E-state index in [4.69, 9.17) is 5.26 Å². The van der Waals surface area contributed by atoms with Crippen molar-refractivity contribution in [3.63, 3.8) is 0 Å². The largest absolute Gasteiger partial charge is 0.357 e. The Kier molecular flexibility index (Phi) is 4.97. The van der Waals surface area contributed by atoms with Gasteiger partial charge in [0.25, 0.3) is 0 Å². The molecule has 21 heavy (non-hydrogen) atoms. The van der Waals surface area contributed by atoms with Crippen LogP contribution < -0.4 is 10.2 Å². The Morgan fingerprint density at radius 2 is 2.19 bits per heavy atom. The molecular weight excluding hydrogens is 282 g/mol. The molecule has 112 valence electrons. The summed E-state index contributed by atoms with van der Waals surface area (Å²) < 4.78 is 0. The highest BCUT2D eigenvalue weighted by molar-refractivity contribution is 7.18. The van der Waals surface area contributed by atoms with Gasteiger partial charge in [-0.25, -0.2) is 4.98 Å². The van der Waals surface area contributed by atoms with E-state index in [0.717, 1.165) is 22.5 Å². The number of nitriles is 1. The van der Waals surface area contributed by atoms with Crippen LogP contribution in [0.25, 0.3) is 10.2 Å². The lowest BCUT2D eigenvalue weighted by Gasteiger charge is -2.27. The molecule has 0 aliphatic rings. The van der Waals surface area contributed by atoms with E-state index in [0.29, 0.717) is 18.9 Å². The molecule has 0 saturated carbocycles. The number of aromatic nitrogens is 2. The third kappa shape index (κ3) is 3.24. The standard InChI is InChI=1S/C15H21N5S/c1-5-11-9-12-13(20(10(2)3)8-6-7-16)18-15(17-4)19-14(12)21-11/h9-10H,5-6,8H2,1-4H3,(H,17,18,19). The summed E-state index contributed by atoms with van der Waals surface area (Å²) in [7, 11) is 1.83. The van der Waals surface area contributed by atoms with Crippen LogP contribution in [-0.2, 0) is 6.42 Å².